The Morgan fingerprint density at radius 1 is 1.15 bits per heavy atom. The number of hydrogen-bond acceptors (Lipinski definition) is 8. The number of rotatable bonds is 8. The summed E-state index contributed by atoms with van der Waals surface area (Å²) in [5.41, 5.74) is 0.174. The summed E-state index contributed by atoms with van der Waals surface area (Å²) in [4.78, 5) is 41.6. The molecule has 0 bridgehead atoms. The number of carbonyl (C=O) groups is 2. The van der Waals surface area contributed by atoms with Crippen molar-refractivity contribution < 1.29 is 23.5 Å². The van der Waals surface area contributed by atoms with Gasteiger partial charge in [0.2, 0.25) is 5.91 Å². The number of carbonyl (C=O) groups excluding carboxylic acids is 2. The highest BCUT2D eigenvalue weighted by Gasteiger charge is 2.56. The summed E-state index contributed by atoms with van der Waals surface area (Å²) in [5, 5.41) is 3.42. The summed E-state index contributed by atoms with van der Waals surface area (Å²) in [6, 6.07) is 4.04. The summed E-state index contributed by atoms with van der Waals surface area (Å²) in [5.74, 6) is 1.63. The van der Waals surface area contributed by atoms with E-state index in [0.717, 1.165) is 71.2 Å². The summed E-state index contributed by atoms with van der Waals surface area (Å²) < 4.78 is 26.2. The number of benzene rings is 1. The first-order chi connectivity index (χ1) is 22.6. The van der Waals surface area contributed by atoms with Gasteiger partial charge >= 0.3 is 0 Å². The molecule has 3 spiro atoms. The molecule has 0 radical (unpaired) electrons. The van der Waals surface area contributed by atoms with Crippen LogP contribution >= 0.6 is 0 Å². The third-order valence-electron chi connectivity index (χ3n) is 11.8. The summed E-state index contributed by atoms with van der Waals surface area (Å²) in [7, 11) is 0. The van der Waals surface area contributed by atoms with Crippen LogP contribution in [0.5, 0.6) is 11.5 Å². The van der Waals surface area contributed by atoms with E-state index in [2.05, 4.69) is 25.1 Å². The van der Waals surface area contributed by atoms with Crippen molar-refractivity contribution in [2.75, 3.05) is 57.4 Å². The molecular weight excluding hydrogens is 599 g/mol. The molecule has 5 aliphatic rings. The van der Waals surface area contributed by atoms with Crippen molar-refractivity contribution in [2.24, 2.45) is 16.7 Å². The third kappa shape index (κ3) is 6.21. The molecule has 1 aromatic carbocycles. The maximum atomic E-state index is 14.3. The second-order valence-electron chi connectivity index (χ2n) is 15.2. The smallest absolute Gasteiger partial charge is 0.257 e. The lowest BCUT2D eigenvalue weighted by molar-refractivity contribution is -0.127. The van der Waals surface area contributed by atoms with Crippen LogP contribution in [0.3, 0.4) is 0 Å². The van der Waals surface area contributed by atoms with E-state index in [9.17, 15) is 14.0 Å². The molecule has 1 N–H and O–H groups in total. The Hall–Kier alpha value is -3.31. The molecule has 11 heteroatoms. The minimum atomic E-state index is -0.483. The van der Waals surface area contributed by atoms with Crippen molar-refractivity contribution in [2.45, 2.75) is 83.7 Å². The Balaban J connectivity index is 0.926. The molecule has 1 saturated carbocycles. The quantitative estimate of drug-likeness (QED) is 0.426. The maximum Gasteiger partial charge on any atom is 0.257 e. The van der Waals surface area contributed by atoms with Gasteiger partial charge < -0.3 is 29.5 Å². The summed E-state index contributed by atoms with van der Waals surface area (Å²) >= 11 is 0. The van der Waals surface area contributed by atoms with Gasteiger partial charge in [0.15, 0.2) is 11.6 Å². The summed E-state index contributed by atoms with van der Waals surface area (Å²) in [6.45, 7) is 12.8. The number of piperidine rings is 1. The van der Waals surface area contributed by atoms with E-state index < -0.39 is 5.82 Å². The Bertz CT molecular complexity index is 1470. The number of nitrogens with zero attached hydrogens (tertiary/aromatic N) is 5. The van der Waals surface area contributed by atoms with Gasteiger partial charge in [-0.2, -0.15) is 0 Å². The van der Waals surface area contributed by atoms with Gasteiger partial charge in [0, 0.05) is 49.8 Å². The van der Waals surface area contributed by atoms with E-state index in [4.69, 9.17) is 9.47 Å². The van der Waals surface area contributed by atoms with Crippen LogP contribution in [0.4, 0.5) is 10.2 Å². The SMILES string of the molecule is CCN(C(=O)c1cc(F)ccc1Oc1cncnc1N1CC2(CCN(CC3CCC4(CC3)CC3(CCOC3)C(=O)N4)CC2)C1)C(C)C. The van der Waals surface area contributed by atoms with Crippen LogP contribution in [0.15, 0.2) is 30.7 Å². The normalized spacial score (nSPS) is 28.7. The van der Waals surface area contributed by atoms with Crippen molar-refractivity contribution in [3.8, 4) is 11.5 Å². The van der Waals surface area contributed by atoms with Crippen LogP contribution in [0, 0.1) is 22.6 Å². The molecule has 1 unspecified atom stereocenters. The van der Waals surface area contributed by atoms with Crippen molar-refractivity contribution in [1.82, 2.24) is 25.1 Å². The topological polar surface area (TPSA) is 100 Å². The first kappa shape index (κ1) is 32.2. The Morgan fingerprint density at radius 2 is 1.91 bits per heavy atom. The fourth-order valence-corrected chi connectivity index (χ4v) is 8.99. The van der Waals surface area contributed by atoms with Crippen molar-refractivity contribution >= 4 is 17.6 Å². The van der Waals surface area contributed by atoms with Gasteiger partial charge in [-0.05, 0) is 109 Å². The number of hydrogen-bond donors (Lipinski definition) is 1. The highest BCUT2D eigenvalue weighted by Crippen LogP contribution is 2.49. The van der Waals surface area contributed by atoms with Crippen LogP contribution < -0.4 is 15.0 Å². The molecular formula is C36H49FN6O4. The van der Waals surface area contributed by atoms with Crippen LogP contribution in [0.1, 0.15) is 82.5 Å². The average molecular weight is 649 g/mol. The lowest BCUT2D eigenvalue weighted by Crippen LogP contribution is -2.61. The molecule has 1 aliphatic carbocycles. The molecule has 5 fully saturated rings. The molecule has 254 valence electrons. The lowest BCUT2D eigenvalue weighted by Gasteiger charge is -2.55. The maximum absolute atomic E-state index is 14.3. The molecule has 5 heterocycles. The number of aromatic nitrogens is 2. The van der Waals surface area contributed by atoms with Gasteiger partial charge in [-0.3, -0.25) is 9.59 Å². The van der Waals surface area contributed by atoms with Gasteiger partial charge in [0.05, 0.1) is 23.8 Å². The molecule has 10 nitrogen and oxygen atoms in total. The zero-order chi connectivity index (χ0) is 32.8. The monoisotopic (exact) mass is 648 g/mol. The third-order valence-corrected chi connectivity index (χ3v) is 11.8. The van der Waals surface area contributed by atoms with Crippen molar-refractivity contribution in [1.29, 1.82) is 0 Å². The zero-order valence-electron chi connectivity index (χ0n) is 28.1. The number of ether oxygens (including phenoxy) is 2. The van der Waals surface area contributed by atoms with Gasteiger partial charge in [-0.25, -0.2) is 14.4 Å². The molecule has 1 atom stereocenters. The van der Waals surface area contributed by atoms with Gasteiger partial charge in [0.1, 0.15) is 17.9 Å². The van der Waals surface area contributed by atoms with Crippen LogP contribution in [0.25, 0.3) is 0 Å². The molecule has 4 aliphatic heterocycles. The van der Waals surface area contributed by atoms with Gasteiger partial charge in [0.25, 0.3) is 5.91 Å². The second kappa shape index (κ2) is 12.6. The molecule has 2 aromatic rings. The summed E-state index contributed by atoms with van der Waals surface area (Å²) in [6.07, 6.45) is 11.8. The van der Waals surface area contributed by atoms with E-state index >= 15 is 0 Å². The molecule has 7 rings (SSSR count). The predicted octanol–water partition coefficient (Wildman–Crippen LogP) is 5.04. The molecule has 2 amide bonds. The minimum absolute atomic E-state index is 0.00999. The van der Waals surface area contributed by atoms with Crippen LogP contribution in [0.2, 0.25) is 0 Å². The van der Waals surface area contributed by atoms with Crippen LogP contribution in [-0.2, 0) is 9.53 Å². The fourth-order valence-electron chi connectivity index (χ4n) is 8.99. The van der Waals surface area contributed by atoms with E-state index in [0.29, 0.717) is 43.0 Å². The standard InChI is InChI=1S/C36H49FN6O4/c1-4-43(25(2)3)32(44)28-17-27(37)5-6-29(28)47-30-18-38-24-39-31(30)42-21-34(22-42)11-14-41(15-12-34)19-26-7-9-36(10-8-26)20-35(33(45)40-36)13-16-46-23-35/h5-6,17-18,24-26H,4,7-16,19-23H2,1-3H3,(H,40,45). The Kier molecular flexibility index (Phi) is 8.66. The number of amides is 2. The second-order valence-corrected chi connectivity index (χ2v) is 15.2. The molecule has 47 heavy (non-hydrogen) atoms. The largest absolute Gasteiger partial charge is 0.451 e. The highest BCUT2D eigenvalue weighted by molar-refractivity contribution is 5.97. The van der Waals surface area contributed by atoms with E-state index in [1.165, 1.54) is 37.4 Å². The zero-order valence-corrected chi connectivity index (χ0v) is 28.1. The fraction of sp³-hybridized carbons (Fsp3) is 0.667. The first-order valence-corrected chi connectivity index (χ1v) is 17.6. The predicted molar refractivity (Wildman–Crippen MR) is 176 cm³/mol. The Morgan fingerprint density at radius 3 is 2.60 bits per heavy atom. The van der Waals surface area contributed by atoms with Gasteiger partial charge in [-0.15, -0.1) is 0 Å². The minimum Gasteiger partial charge on any atom is -0.451 e. The number of likely N-dealkylation sites (tertiary alicyclic amines) is 1. The van der Waals surface area contributed by atoms with Crippen LogP contribution in [-0.4, -0.2) is 95.6 Å². The average Bonchev–Trinajstić information content (AvgIpc) is 3.62. The number of nitrogens with one attached hydrogen (secondary N) is 1. The van der Waals surface area contributed by atoms with E-state index in [-0.39, 0.29) is 39.8 Å². The van der Waals surface area contributed by atoms with E-state index in [1.807, 2.05) is 20.8 Å². The highest BCUT2D eigenvalue weighted by atomic mass is 19.1. The molecule has 1 aromatic heterocycles. The van der Waals surface area contributed by atoms with Crippen molar-refractivity contribution in [3.05, 3.63) is 42.1 Å². The van der Waals surface area contributed by atoms with Gasteiger partial charge in [-0.1, -0.05) is 0 Å². The number of anilines is 1. The van der Waals surface area contributed by atoms with E-state index in [1.54, 1.807) is 11.1 Å². The van der Waals surface area contributed by atoms with Crippen molar-refractivity contribution in [3.63, 3.8) is 0 Å². The first-order valence-electron chi connectivity index (χ1n) is 17.6. The molecule has 4 saturated heterocycles. The number of halogens is 1. The Labute approximate surface area is 277 Å². The lowest BCUT2D eigenvalue weighted by atomic mass is 9.70.